The van der Waals surface area contributed by atoms with Crippen LogP contribution in [0.5, 0.6) is 5.75 Å². The Bertz CT molecular complexity index is 684. The number of fused-ring (bicyclic) bond motifs is 1. The largest absolute Gasteiger partial charge is 0.493 e. The van der Waals surface area contributed by atoms with E-state index in [9.17, 15) is 4.79 Å². The highest BCUT2D eigenvalue weighted by molar-refractivity contribution is 5.74. The van der Waals surface area contributed by atoms with E-state index < -0.39 is 6.10 Å². The number of hydrogen-bond donors (Lipinski definition) is 0. The van der Waals surface area contributed by atoms with E-state index in [-0.39, 0.29) is 28.9 Å². The van der Waals surface area contributed by atoms with Gasteiger partial charge in [-0.15, -0.1) is 0 Å². The Morgan fingerprint density at radius 2 is 1.86 bits per heavy atom. The zero-order chi connectivity index (χ0) is 20.5. The molecule has 156 valence electrons. The van der Waals surface area contributed by atoms with Crippen molar-refractivity contribution < 1.29 is 19.1 Å². The van der Waals surface area contributed by atoms with Gasteiger partial charge in [0.15, 0.2) is 6.10 Å². The standard InChI is InChI=1S/C23H35NO4/c1-16(18-15-27-19-11-8-7-10-17(18)19)14-20(21(25)26-6)28-24-22(2,3)12-9-13-23(24,4)5/h7-8,10-11,16,18,20H,9,12-15H2,1-6H3. The number of esters is 1. The summed E-state index contributed by atoms with van der Waals surface area (Å²) in [5, 5.41) is 2.05. The fraction of sp³-hybridized carbons (Fsp3) is 0.696. The van der Waals surface area contributed by atoms with Crippen LogP contribution in [0.4, 0.5) is 0 Å². The van der Waals surface area contributed by atoms with Gasteiger partial charge < -0.3 is 9.47 Å². The lowest BCUT2D eigenvalue weighted by Crippen LogP contribution is -2.60. The highest BCUT2D eigenvalue weighted by Crippen LogP contribution is 2.42. The number of benzene rings is 1. The fourth-order valence-electron chi connectivity index (χ4n) is 4.86. The average molecular weight is 390 g/mol. The number of ether oxygens (including phenoxy) is 2. The van der Waals surface area contributed by atoms with Crippen molar-refractivity contribution in [1.82, 2.24) is 5.06 Å². The van der Waals surface area contributed by atoms with Crippen molar-refractivity contribution in [2.75, 3.05) is 13.7 Å². The van der Waals surface area contributed by atoms with Crippen LogP contribution < -0.4 is 4.74 Å². The summed E-state index contributed by atoms with van der Waals surface area (Å²) in [4.78, 5) is 19.0. The molecule has 0 saturated carbocycles. The summed E-state index contributed by atoms with van der Waals surface area (Å²) in [6.07, 6.45) is 3.23. The molecule has 0 radical (unpaired) electrons. The third kappa shape index (κ3) is 4.20. The van der Waals surface area contributed by atoms with E-state index in [0.29, 0.717) is 13.0 Å². The zero-order valence-electron chi connectivity index (χ0n) is 18.2. The summed E-state index contributed by atoms with van der Waals surface area (Å²) < 4.78 is 11.0. The topological polar surface area (TPSA) is 48.0 Å². The van der Waals surface area contributed by atoms with E-state index in [1.54, 1.807) is 0 Å². The van der Waals surface area contributed by atoms with Gasteiger partial charge in [0.2, 0.25) is 0 Å². The molecule has 1 fully saturated rings. The lowest BCUT2D eigenvalue weighted by atomic mass is 9.82. The van der Waals surface area contributed by atoms with Crippen molar-refractivity contribution in [3.8, 4) is 5.75 Å². The minimum Gasteiger partial charge on any atom is -0.493 e. The quantitative estimate of drug-likeness (QED) is 0.660. The normalized spacial score (nSPS) is 25.4. The first-order chi connectivity index (χ1) is 13.2. The molecule has 2 aliphatic heterocycles. The minimum absolute atomic E-state index is 0.125. The van der Waals surface area contributed by atoms with Gasteiger partial charge >= 0.3 is 5.97 Å². The van der Waals surface area contributed by atoms with Gasteiger partial charge in [0.25, 0.3) is 0 Å². The van der Waals surface area contributed by atoms with Crippen LogP contribution in [0.2, 0.25) is 0 Å². The van der Waals surface area contributed by atoms with Crippen LogP contribution in [0.15, 0.2) is 24.3 Å². The van der Waals surface area contributed by atoms with Crippen LogP contribution in [0.1, 0.15) is 71.8 Å². The van der Waals surface area contributed by atoms with E-state index in [0.717, 1.165) is 25.0 Å². The first-order valence-electron chi connectivity index (χ1n) is 10.4. The Labute approximate surface area is 169 Å². The Morgan fingerprint density at radius 1 is 1.21 bits per heavy atom. The smallest absolute Gasteiger partial charge is 0.337 e. The summed E-state index contributed by atoms with van der Waals surface area (Å²) in [5.74, 6) is 1.13. The fourth-order valence-corrected chi connectivity index (χ4v) is 4.86. The van der Waals surface area contributed by atoms with Gasteiger partial charge in [-0.1, -0.05) is 25.1 Å². The number of carbonyl (C=O) groups excluding carboxylic acids is 1. The molecule has 3 unspecified atom stereocenters. The minimum atomic E-state index is -0.621. The van der Waals surface area contributed by atoms with Gasteiger partial charge in [0.05, 0.1) is 13.7 Å². The molecule has 0 aromatic heterocycles. The number of rotatable bonds is 6. The monoisotopic (exact) mass is 389 g/mol. The Kier molecular flexibility index (Phi) is 6.06. The first kappa shape index (κ1) is 21.1. The van der Waals surface area contributed by atoms with E-state index in [4.69, 9.17) is 14.3 Å². The Hall–Kier alpha value is -1.59. The number of nitrogens with zero attached hydrogens (tertiary/aromatic N) is 1. The Morgan fingerprint density at radius 3 is 2.50 bits per heavy atom. The maximum absolute atomic E-state index is 12.6. The summed E-state index contributed by atoms with van der Waals surface area (Å²) in [6, 6.07) is 8.16. The number of hydrogen-bond acceptors (Lipinski definition) is 5. The molecule has 5 nitrogen and oxygen atoms in total. The molecule has 2 aliphatic rings. The molecule has 0 N–H and O–H groups in total. The molecule has 2 heterocycles. The van der Waals surface area contributed by atoms with Crippen LogP contribution in [-0.2, 0) is 14.4 Å². The molecular formula is C23H35NO4. The van der Waals surface area contributed by atoms with Crippen molar-refractivity contribution in [1.29, 1.82) is 0 Å². The third-order valence-electron chi connectivity index (χ3n) is 6.38. The number of hydroxylamine groups is 2. The Balaban J connectivity index is 1.77. The molecule has 1 aromatic rings. The number of methoxy groups -OCH3 is 1. The third-order valence-corrected chi connectivity index (χ3v) is 6.38. The zero-order valence-corrected chi connectivity index (χ0v) is 18.2. The van der Waals surface area contributed by atoms with Crippen LogP contribution >= 0.6 is 0 Å². The van der Waals surface area contributed by atoms with Crippen LogP contribution in [0, 0.1) is 5.92 Å². The molecule has 28 heavy (non-hydrogen) atoms. The molecule has 3 rings (SSSR count). The van der Waals surface area contributed by atoms with E-state index in [1.165, 1.54) is 12.7 Å². The lowest BCUT2D eigenvalue weighted by Gasteiger charge is -2.52. The van der Waals surface area contributed by atoms with Crippen LogP contribution in [0.25, 0.3) is 0 Å². The van der Waals surface area contributed by atoms with E-state index in [2.05, 4.69) is 45.7 Å². The van der Waals surface area contributed by atoms with Gasteiger partial charge in [-0.25, -0.2) is 4.79 Å². The summed E-state index contributed by atoms with van der Waals surface area (Å²) in [5.41, 5.74) is 0.970. The van der Waals surface area contributed by atoms with Crippen molar-refractivity contribution in [2.45, 2.75) is 83.4 Å². The van der Waals surface area contributed by atoms with Gasteiger partial charge in [0, 0.05) is 22.6 Å². The van der Waals surface area contributed by atoms with Gasteiger partial charge in [-0.05, 0) is 65.4 Å². The predicted molar refractivity (Wildman–Crippen MR) is 109 cm³/mol. The molecule has 0 spiro atoms. The summed E-state index contributed by atoms with van der Waals surface area (Å²) in [6.45, 7) is 11.6. The SMILES string of the molecule is COC(=O)C(CC(C)C1COc2ccccc21)ON1C(C)(C)CCCC1(C)C. The number of carbonyl (C=O) groups is 1. The maximum atomic E-state index is 12.6. The average Bonchev–Trinajstić information content (AvgIpc) is 3.06. The molecule has 0 aliphatic carbocycles. The lowest BCUT2D eigenvalue weighted by molar-refractivity contribution is -0.304. The summed E-state index contributed by atoms with van der Waals surface area (Å²) >= 11 is 0. The first-order valence-corrected chi connectivity index (χ1v) is 10.4. The van der Waals surface area contributed by atoms with Crippen molar-refractivity contribution in [3.05, 3.63) is 29.8 Å². The molecule has 0 bridgehead atoms. The molecular weight excluding hydrogens is 354 g/mol. The van der Waals surface area contributed by atoms with Gasteiger partial charge in [-0.2, -0.15) is 5.06 Å². The molecule has 1 saturated heterocycles. The number of piperidine rings is 1. The highest BCUT2D eigenvalue weighted by atomic mass is 16.7. The van der Waals surface area contributed by atoms with Crippen LogP contribution in [-0.4, -0.2) is 41.9 Å². The van der Waals surface area contributed by atoms with Gasteiger partial charge in [0.1, 0.15) is 5.75 Å². The van der Waals surface area contributed by atoms with Crippen LogP contribution in [0.3, 0.4) is 0 Å². The molecule has 0 amide bonds. The highest BCUT2D eigenvalue weighted by Gasteiger charge is 2.45. The predicted octanol–water partition coefficient (Wildman–Crippen LogP) is 4.71. The second-order valence-electron chi connectivity index (χ2n) is 9.56. The number of para-hydroxylation sites is 1. The molecule has 5 heteroatoms. The summed E-state index contributed by atoms with van der Waals surface area (Å²) in [7, 11) is 1.43. The van der Waals surface area contributed by atoms with Crippen molar-refractivity contribution in [2.24, 2.45) is 5.92 Å². The van der Waals surface area contributed by atoms with E-state index >= 15 is 0 Å². The van der Waals surface area contributed by atoms with Crippen molar-refractivity contribution >= 4 is 5.97 Å². The molecule has 3 atom stereocenters. The second kappa shape index (κ2) is 8.03. The maximum Gasteiger partial charge on any atom is 0.337 e. The molecule has 1 aromatic carbocycles. The van der Waals surface area contributed by atoms with Gasteiger partial charge in [-0.3, -0.25) is 4.84 Å². The van der Waals surface area contributed by atoms with Crippen molar-refractivity contribution in [3.63, 3.8) is 0 Å². The second-order valence-corrected chi connectivity index (χ2v) is 9.56. The van der Waals surface area contributed by atoms with E-state index in [1.807, 2.05) is 18.2 Å².